The molecule has 0 radical (unpaired) electrons. The molecule has 0 aliphatic heterocycles. The molecular weight excluding hydrogens is 306 g/mol. The molecule has 2 rings (SSSR count). The number of hydrogen-bond acceptors (Lipinski definition) is 4. The van der Waals surface area contributed by atoms with Gasteiger partial charge >= 0.3 is 5.97 Å². The number of methoxy groups -OCH3 is 1. The van der Waals surface area contributed by atoms with E-state index >= 15 is 0 Å². The van der Waals surface area contributed by atoms with Gasteiger partial charge in [-0.2, -0.15) is 5.26 Å². The lowest BCUT2D eigenvalue weighted by atomic mass is 10.0. The topological polar surface area (TPSA) is 79.5 Å². The van der Waals surface area contributed by atoms with Crippen molar-refractivity contribution >= 4 is 17.6 Å². The summed E-state index contributed by atoms with van der Waals surface area (Å²) in [6, 6.07) is 13.7. The average molecular weight is 323 g/mol. The summed E-state index contributed by atoms with van der Waals surface area (Å²) in [6.07, 6.45) is 1.72. The fourth-order valence-electron chi connectivity index (χ4n) is 2.19. The van der Waals surface area contributed by atoms with E-state index in [0.717, 1.165) is 5.56 Å². The number of carbonyl (C=O) groups is 1. The number of allylic oxidation sites excluding steroid dienone is 1. The molecule has 0 aliphatic carbocycles. The number of rotatable bonds is 6. The highest BCUT2D eigenvalue weighted by atomic mass is 16.5. The molecule has 24 heavy (non-hydrogen) atoms. The van der Waals surface area contributed by atoms with Gasteiger partial charge in [0, 0.05) is 0 Å². The Morgan fingerprint density at radius 1 is 1.17 bits per heavy atom. The number of hydrogen-bond donors (Lipinski definition) is 1. The number of nitrogens with zero attached hydrogens (tertiary/aromatic N) is 1. The van der Waals surface area contributed by atoms with Crippen molar-refractivity contribution in [1.29, 1.82) is 5.26 Å². The SMILES string of the molecule is CCOc1cc(C=C(C#N)c2ccc(C(=O)O)cc2)ccc1OC. The van der Waals surface area contributed by atoms with E-state index in [4.69, 9.17) is 14.6 Å². The molecule has 0 amide bonds. The standard InChI is InChI=1S/C19H17NO4/c1-3-24-18-11-13(4-9-17(18)23-2)10-16(12-20)14-5-7-15(8-6-14)19(21)22/h4-11H,3H2,1-2H3,(H,21,22). The van der Waals surface area contributed by atoms with Crippen molar-refractivity contribution in [3.05, 3.63) is 59.2 Å². The Balaban J connectivity index is 2.38. The third kappa shape index (κ3) is 3.93. The molecule has 0 spiro atoms. The molecule has 5 nitrogen and oxygen atoms in total. The first kappa shape index (κ1) is 17.1. The van der Waals surface area contributed by atoms with Crippen LogP contribution in [-0.2, 0) is 0 Å². The van der Waals surface area contributed by atoms with Gasteiger partial charge in [-0.1, -0.05) is 18.2 Å². The second-order valence-corrected chi connectivity index (χ2v) is 4.90. The van der Waals surface area contributed by atoms with E-state index in [1.54, 1.807) is 37.5 Å². The van der Waals surface area contributed by atoms with Crippen LogP contribution in [0.2, 0.25) is 0 Å². The van der Waals surface area contributed by atoms with Gasteiger partial charge in [-0.15, -0.1) is 0 Å². The normalized spacial score (nSPS) is 10.8. The maximum Gasteiger partial charge on any atom is 0.335 e. The average Bonchev–Trinajstić information content (AvgIpc) is 2.60. The number of aromatic carboxylic acids is 1. The zero-order valence-corrected chi connectivity index (χ0v) is 13.4. The summed E-state index contributed by atoms with van der Waals surface area (Å²) in [4.78, 5) is 10.9. The quantitative estimate of drug-likeness (QED) is 0.645. The lowest BCUT2D eigenvalue weighted by molar-refractivity contribution is 0.0697. The van der Waals surface area contributed by atoms with Gasteiger partial charge in [-0.3, -0.25) is 0 Å². The fourth-order valence-corrected chi connectivity index (χ4v) is 2.19. The first-order chi connectivity index (χ1) is 11.6. The van der Waals surface area contributed by atoms with Crippen LogP contribution < -0.4 is 9.47 Å². The first-order valence-electron chi connectivity index (χ1n) is 7.35. The van der Waals surface area contributed by atoms with Crippen molar-refractivity contribution in [1.82, 2.24) is 0 Å². The van der Waals surface area contributed by atoms with E-state index < -0.39 is 5.97 Å². The van der Waals surface area contributed by atoms with Crippen molar-refractivity contribution in [3.63, 3.8) is 0 Å². The van der Waals surface area contributed by atoms with Crippen LogP contribution in [0.25, 0.3) is 11.6 Å². The van der Waals surface area contributed by atoms with Crippen LogP contribution in [0.15, 0.2) is 42.5 Å². The Bertz CT molecular complexity index is 801. The first-order valence-corrected chi connectivity index (χ1v) is 7.35. The summed E-state index contributed by atoms with van der Waals surface area (Å²) in [5, 5.41) is 18.3. The van der Waals surface area contributed by atoms with Gasteiger partial charge < -0.3 is 14.6 Å². The number of carboxylic acids is 1. The molecule has 0 saturated heterocycles. The van der Waals surface area contributed by atoms with E-state index in [1.807, 2.05) is 13.0 Å². The predicted octanol–water partition coefficient (Wildman–Crippen LogP) is 3.86. The lowest BCUT2D eigenvalue weighted by Crippen LogP contribution is -1.96. The Morgan fingerprint density at radius 2 is 1.83 bits per heavy atom. The molecule has 0 heterocycles. The molecule has 122 valence electrons. The summed E-state index contributed by atoms with van der Waals surface area (Å²) in [5.41, 5.74) is 2.05. The van der Waals surface area contributed by atoms with E-state index in [9.17, 15) is 10.1 Å². The van der Waals surface area contributed by atoms with Gasteiger partial charge in [-0.25, -0.2) is 4.79 Å². The van der Waals surface area contributed by atoms with Crippen molar-refractivity contribution in [3.8, 4) is 17.6 Å². The summed E-state index contributed by atoms with van der Waals surface area (Å²) in [6.45, 7) is 2.39. The van der Waals surface area contributed by atoms with E-state index in [0.29, 0.717) is 29.2 Å². The largest absolute Gasteiger partial charge is 0.493 e. The molecule has 0 saturated carbocycles. The van der Waals surface area contributed by atoms with Crippen LogP contribution in [0.3, 0.4) is 0 Å². The van der Waals surface area contributed by atoms with E-state index in [2.05, 4.69) is 6.07 Å². The molecule has 0 unspecified atom stereocenters. The predicted molar refractivity (Wildman–Crippen MR) is 91.0 cm³/mol. The van der Waals surface area contributed by atoms with Gasteiger partial charge in [0.05, 0.1) is 30.9 Å². The molecule has 5 heteroatoms. The van der Waals surface area contributed by atoms with Crippen LogP contribution in [0.4, 0.5) is 0 Å². The third-order valence-corrected chi connectivity index (χ3v) is 3.36. The smallest absolute Gasteiger partial charge is 0.335 e. The second kappa shape index (κ2) is 7.84. The highest BCUT2D eigenvalue weighted by Crippen LogP contribution is 2.29. The van der Waals surface area contributed by atoms with E-state index in [-0.39, 0.29) is 5.56 Å². The van der Waals surface area contributed by atoms with Crippen LogP contribution in [-0.4, -0.2) is 24.8 Å². The maximum atomic E-state index is 10.9. The maximum absolute atomic E-state index is 10.9. The second-order valence-electron chi connectivity index (χ2n) is 4.90. The van der Waals surface area contributed by atoms with Crippen molar-refractivity contribution in [2.24, 2.45) is 0 Å². The van der Waals surface area contributed by atoms with Crippen LogP contribution in [0.1, 0.15) is 28.4 Å². The number of nitriles is 1. The van der Waals surface area contributed by atoms with Crippen LogP contribution >= 0.6 is 0 Å². The van der Waals surface area contributed by atoms with Crippen molar-refractivity contribution in [2.45, 2.75) is 6.92 Å². The van der Waals surface area contributed by atoms with Crippen LogP contribution in [0.5, 0.6) is 11.5 Å². The van der Waals surface area contributed by atoms with Gasteiger partial charge in [0.25, 0.3) is 0 Å². The summed E-state index contributed by atoms with van der Waals surface area (Å²) < 4.78 is 10.8. The highest BCUT2D eigenvalue weighted by Gasteiger charge is 2.07. The molecule has 0 aliphatic rings. The summed E-state index contributed by atoms with van der Waals surface area (Å²) in [5.74, 6) is 0.228. The van der Waals surface area contributed by atoms with Gasteiger partial charge in [0.15, 0.2) is 11.5 Å². The lowest BCUT2D eigenvalue weighted by Gasteiger charge is -2.10. The molecule has 0 fully saturated rings. The minimum Gasteiger partial charge on any atom is -0.493 e. The van der Waals surface area contributed by atoms with Gasteiger partial charge in [0.1, 0.15) is 0 Å². The molecule has 1 N–H and O–H groups in total. The van der Waals surface area contributed by atoms with Crippen LogP contribution in [0, 0.1) is 11.3 Å². The zero-order chi connectivity index (χ0) is 17.5. The Kier molecular flexibility index (Phi) is 5.58. The summed E-state index contributed by atoms with van der Waals surface area (Å²) >= 11 is 0. The third-order valence-electron chi connectivity index (χ3n) is 3.36. The Morgan fingerprint density at radius 3 is 2.38 bits per heavy atom. The molecular formula is C19H17NO4. The number of carboxylic acid groups (broad SMARTS) is 1. The summed E-state index contributed by atoms with van der Waals surface area (Å²) in [7, 11) is 1.57. The molecule has 2 aromatic rings. The molecule has 0 aromatic heterocycles. The Hall–Kier alpha value is -3.26. The monoisotopic (exact) mass is 323 g/mol. The number of ether oxygens (including phenoxy) is 2. The molecule has 2 aromatic carbocycles. The van der Waals surface area contributed by atoms with E-state index in [1.165, 1.54) is 12.1 Å². The Labute approximate surface area is 140 Å². The number of benzene rings is 2. The van der Waals surface area contributed by atoms with Gasteiger partial charge in [-0.05, 0) is 48.4 Å². The van der Waals surface area contributed by atoms with Crippen molar-refractivity contribution < 1.29 is 19.4 Å². The highest BCUT2D eigenvalue weighted by molar-refractivity contribution is 5.92. The minimum atomic E-state index is -0.999. The molecule has 0 bridgehead atoms. The minimum absolute atomic E-state index is 0.180. The zero-order valence-electron chi connectivity index (χ0n) is 13.4. The van der Waals surface area contributed by atoms with Gasteiger partial charge in [0.2, 0.25) is 0 Å². The fraction of sp³-hybridized carbons (Fsp3) is 0.158. The van der Waals surface area contributed by atoms with Crippen molar-refractivity contribution in [2.75, 3.05) is 13.7 Å². The molecule has 0 atom stereocenters.